The van der Waals surface area contributed by atoms with Gasteiger partial charge in [-0.1, -0.05) is 6.92 Å². The first-order valence-electron chi connectivity index (χ1n) is 6.74. The number of hydrogen-bond acceptors (Lipinski definition) is 3. The van der Waals surface area contributed by atoms with Gasteiger partial charge >= 0.3 is 0 Å². The molecule has 1 rings (SSSR count). The summed E-state index contributed by atoms with van der Waals surface area (Å²) in [5.74, 6) is 0.855. The van der Waals surface area contributed by atoms with E-state index in [0.29, 0.717) is 6.42 Å². The van der Waals surface area contributed by atoms with Crippen LogP contribution in [-0.4, -0.2) is 42.5 Å². The van der Waals surface area contributed by atoms with Crippen molar-refractivity contribution in [2.45, 2.75) is 52.1 Å². The van der Waals surface area contributed by atoms with Crippen molar-refractivity contribution in [2.24, 2.45) is 11.7 Å². The minimum Gasteiger partial charge on any atom is -0.352 e. The Morgan fingerprint density at radius 3 is 2.58 bits per heavy atom. The highest BCUT2D eigenvalue weighted by Gasteiger charge is 2.18. The first-order chi connectivity index (χ1) is 7.97. The molecule has 3 N–H and O–H groups in total. The molecule has 0 bridgehead atoms. The third-order valence-corrected chi connectivity index (χ3v) is 3.19. The van der Waals surface area contributed by atoms with E-state index in [9.17, 15) is 4.79 Å². The first kappa shape index (κ1) is 21.3. The van der Waals surface area contributed by atoms with Crippen LogP contribution in [0.25, 0.3) is 0 Å². The number of rotatable bonds is 5. The van der Waals surface area contributed by atoms with Crippen LogP contribution >= 0.6 is 24.8 Å². The molecule has 6 heteroatoms. The van der Waals surface area contributed by atoms with E-state index in [1.165, 1.54) is 12.8 Å². The molecular weight excluding hydrogens is 285 g/mol. The van der Waals surface area contributed by atoms with E-state index in [-0.39, 0.29) is 42.8 Å². The van der Waals surface area contributed by atoms with Gasteiger partial charge in [-0.2, -0.15) is 0 Å². The van der Waals surface area contributed by atoms with Gasteiger partial charge in [-0.3, -0.25) is 4.79 Å². The molecule has 19 heavy (non-hydrogen) atoms. The predicted octanol–water partition coefficient (Wildman–Crippen LogP) is 1.80. The predicted molar refractivity (Wildman–Crippen MR) is 85.2 cm³/mol. The van der Waals surface area contributed by atoms with E-state index in [4.69, 9.17) is 5.73 Å². The van der Waals surface area contributed by atoms with Crippen LogP contribution in [0.4, 0.5) is 0 Å². The van der Waals surface area contributed by atoms with Crippen molar-refractivity contribution in [3.63, 3.8) is 0 Å². The molecule has 1 aliphatic rings. The summed E-state index contributed by atoms with van der Waals surface area (Å²) in [5, 5.41) is 3.01. The summed E-state index contributed by atoms with van der Waals surface area (Å²) >= 11 is 0. The van der Waals surface area contributed by atoms with Crippen LogP contribution < -0.4 is 11.1 Å². The van der Waals surface area contributed by atoms with Crippen LogP contribution in [0.3, 0.4) is 0 Å². The van der Waals surface area contributed by atoms with E-state index >= 15 is 0 Å². The van der Waals surface area contributed by atoms with Gasteiger partial charge in [0.1, 0.15) is 0 Å². The summed E-state index contributed by atoms with van der Waals surface area (Å²) in [6.07, 6.45) is 3.03. The van der Waals surface area contributed by atoms with E-state index in [1.807, 2.05) is 6.92 Å². The van der Waals surface area contributed by atoms with E-state index in [2.05, 4.69) is 24.1 Å². The molecule has 1 fully saturated rings. The van der Waals surface area contributed by atoms with Gasteiger partial charge in [-0.15, -0.1) is 24.8 Å². The van der Waals surface area contributed by atoms with Gasteiger partial charge in [0.25, 0.3) is 0 Å². The Labute approximate surface area is 129 Å². The number of carbonyl (C=O) groups excluding carboxylic acids is 1. The zero-order valence-corrected chi connectivity index (χ0v) is 13.9. The molecule has 0 aromatic carbocycles. The maximum Gasteiger partial charge on any atom is 0.221 e. The molecule has 1 aliphatic heterocycles. The second kappa shape index (κ2) is 10.7. The van der Waals surface area contributed by atoms with Crippen LogP contribution in [0.2, 0.25) is 0 Å². The molecule has 3 unspecified atom stereocenters. The van der Waals surface area contributed by atoms with E-state index < -0.39 is 0 Å². The van der Waals surface area contributed by atoms with Crippen molar-refractivity contribution in [3.8, 4) is 0 Å². The first-order valence-corrected chi connectivity index (χ1v) is 6.74. The lowest BCUT2D eigenvalue weighted by Gasteiger charge is -2.32. The maximum atomic E-state index is 11.6. The van der Waals surface area contributed by atoms with Gasteiger partial charge in [0.05, 0.1) is 0 Å². The fourth-order valence-electron chi connectivity index (χ4n) is 2.51. The average molecular weight is 314 g/mol. The van der Waals surface area contributed by atoms with Crippen LogP contribution in [0, 0.1) is 5.92 Å². The molecule has 0 aromatic rings. The lowest BCUT2D eigenvalue weighted by molar-refractivity contribution is -0.122. The third kappa shape index (κ3) is 9.50. The minimum absolute atomic E-state index is 0. The number of nitrogens with zero attached hydrogens (tertiary/aromatic N) is 1. The minimum atomic E-state index is -0.0581. The summed E-state index contributed by atoms with van der Waals surface area (Å²) in [6.45, 7) is 9.50. The fourth-order valence-corrected chi connectivity index (χ4v) is 2.51. The maximum absolute atomic E-state index is 11.6. The van der Waals surface area contributed by atoms with E-state index in [0.717, 1.165) is 25.6 Å². The molecule has 0 saturated carbocycles. The van der Waals surface area contributed by atoms with Gasteiger partial charge in [0.15, 0.2) is 0 Å². The standard InChI is InChI=1S/C13H27N3O.2ClH/c1-10-5-4-6-16(8-10)9-12(3)15-13(17)7-11(2)14;;/h10-12H,4-9,14H2,1-3H3,(H,15,17);2*1H. The van der Waals surface area contributed by atoms with Crippen LogP contribution in [0.15, 0.2) is 0 Å². The van der Waals surface area contributed by atoms with Crippen molar-refractivity contribution in [2.75, 3.05) is 19.6 Å². The molecule has 1 heterocycles. The molecule has 3 atom stereocenters. The number of carbonyl (C=O) groups is 1. The number of nitrogens with two attached hydrogens (primary N) is 1. The molecule has 0 spiro atoms. The van der Waals surface area contributed by atoms with Gasteiger partial charge < -0.3 is 16.0 Å². The molecule has 1 saturated heterocycles. The monoisotopic (exact) mass is 313 g/mol. The summed E-state index contributed by atoms with van der Waals surface area (Å²) < 4.78 is 0. The molecule has 0 aromatic heterocycles. The lowest BCUT2D eigenvalue weighted by atomic mass is 10.00. The number of hydrogen-bond donors (Lipinski definition) is 2. The molecule has 4 nitrogen and oxygen atoms in total. The quantitative estimate of drug-likeness (QED) is 0.813. The normalized spacial score (nSPS) is 22.6. The second-order valence-corrected chi connectivity index (χ2v) is 5.66. The van der Waals surface area contributed by atoms with Crippen LogP contribution in [0.1, 0.15) is 40.0 Å². The van der Waals surface area contributed by atoms with Crippen molar-refractivity contribution in [1.82, 2.24) is 10.2 Å². The smallest absolute Gasteiger partial charge is 0.221 e. The fraction of sp³-hybridized carbons (Fsp3) is 0.923. The van der Waals surface area contributed by atoms with Gasteiger partial charge in [-0.25, -0.2) is 0 Å². The summed E-state index contributed by atoms with van der Waals surface area (Å²) in [6, 6.07) is 0.156. The van der Waals surface area contributed by atoms with Crippen LogP contribution in [-0.2, 0) is 4.79 Å². The summed E-state index contributed by atoms with van der Waals surface area (Å²) in [7, 11) is 0. The number of nitrogens with one attached hydrogen (secondary N) is 1. The zero-order valence-electron chi connectivity index (χ0n) is 12.2. The third-order valence-electron chi connectivity index (χ3n) is 3.19. The highest BCUT2D eigenvalue weighted by atomic mass is 35.5. The SMILES string of the molecule is CC(N)CC(=O)NC(C)CN1CCCC(C)C1.Cl.Cl. The topological polar surface area (TPSA) is 58.4 Å². The number of likely N-dealkylation sites (tertiary alicyclic amines) is 1. The second-order valence-electron chi connectivity index (χ2n) is 5.66. The Morgan fingerprint density at radius 2 is 2.05 bits per heavy atom. The summed E-state index contributed by atoms with van der Waals surface area (Å²) in [5.41, 5.74) is 5.60. The largest absolute Gasteiger partial charge is 0.352 e. The van der Waals surface area contributed by atoms with Crippen molar-refractivity contribution < 1.29 is 4.79 Å². The number of halogens is 2. The average Bonchev–Trinajstić information content (AvgIpc) is 2.14. The van der Waals surface area contributed by atoms with Crippen LogP contribution in [0.5, 0.6) is 0 Å². The Kier molecular flexibility index (Phi) is 12.0. The molecule has 116 valence electrons. The number of piperidine rings is 1. The summed E-state index contributed by atoms with van der Waals surface area (Å²) in [4.78, 5) is 14.0. The van der Waals surface area contributed by atoms with Gasteiger partial charge in [0.2, 0.25) is 5.91 Å². The highest BCUT2D eigenvalue weighted by molar-refractivity contribution is 5.85. The van der Waals surface area contributed by atoms with E-state index in [1.54, 1.807) is 0 Å². The highest BCUT2D eigenvalue weighted by Crippen LogP contribution is 2.15. The van der Waals surface area contributed by atoms with Crippen molar-refractivity contribution in [1.29, 1.82) is 0 Å². The van der Waals surface area contributed by atoms with Crippen molar-refractivity contribution >= 4 is 30.7 Å². The molecule has 0 radical (unpaired) electrons. The van der Waals surface area contributed by atoms with Crippen molar-refractivity contribution in [3.05, 3.63) is 0 Å². The Bertz CT molecular complexity index is 252. The van der Waals surface area contributed by atoms with Gasteiger partial charge in [0, 0.05) is 31.6 Å². The molecule has 0 aliphatic carbocycles. The number of amides is 1. The molecular formula is C13H29Cl2N3O. The Morgan fingerprint density at radius 1 is 1.42 bits per heavy atom. The van der Waals surface area contributed by atoms with Gasteiger partial charge in [-0.05, 0) is 39.2 Å². The Balaban J connectivity index is 0. The lowest BCUT2D eigenvalue weighted by Crippen LogP contribution is -2.45. The molecule has 1 amide bonds. The Hall–Kier alpha value is -0.0300. The zero-order chi connectivity index (χ0) is 12.8.